The van der Waals surface area contributed by atoms with Crippen LogP contribution in [0.1, 0.15) is 30.5 Å². The van der Waals surface area contributed by atoms with Gasteiger partial charge in [-0.3, -0.25) is 9.00 Å². The SMILES string of the molecule is C=S(C)(=O)NC(C)(C)C(=O)NCCc1ccc(OCc2ccc(C(F)(F)F)cc2)c(OC)c1. The monoisotopic (exact) mass is 486 g/mol. The summed E-state index contributed by atoms with van der Waals surface area (Å²) in [5.74, 6) is 4.12. The fourth-order valence-electron chi connectivity index (χ4n) is 3.07. The maximum absolute atomic E-state index is 12.7. The summed E-state index contributed by atoms with van der Waals surface area (Å²) in [6.45, 7) is 3.69. The quantitative estimate of drug-likeness (QED) is 0.504. The van der Waals surface area contributed by atoms with E-state index in [1.807, 2.05) is 6.07 Å². The van der Waals surface area contributed by atoms with E-state index in [4.69, 9.17) is 9.47 Å². The minimum Gasteiger partial charge on any atom is -0.493 e. The Balaban J connectivity index is 1.94. The van der Waals surface area contributed by atoms with Crippen molar-refractivity contribution in [1.29, 1.82) is 0 Å². The molecule has 10 heteroatoms. The molecule has 0 radical (unpaired) electrons. The Morgan fingerprint density at radius 2 is 1.67 bits per heavy atom. The second-order valence-corrected chi connectivity index (χ2v) is 10.4. The van der Waals surface area contributed by atoms with Crippen molar-refractivity contribution in [3.05, 3.63) is 59.2 Å². The van der Waals surface area contributed by atoms with Crippen LogP contribution in [0.2, 0.25) is 0 Å². The number of halogens is 3. The fraction of sp³-hybridized carbons (Fsp3) is 0.391. The van der Waals surface area contributed by atoms with Crippen LogP contribution in [0.5, 0.6) is 11.5 Å². The lowest BCUT2D eigenvalue weighted by Crippen LogP contribution is -2.54. The molecular formula is C23H29F3N2O4S. The third kappa shape index (κ3) is 8.29. The van der Waals surface area contributed by atoms with E-state index in [-0.39, 0.29) is 12.5 Å². The van der Waals surface area contributed by atoms with Crippen LogP contribution < -0.4 is 19.5 Å². The van der Waals surface area contributed by atoms with Crippen molar-refractivity contribution in [2.45, 2.75) is 38.6 Å². The molecule has 182 valence electrons. The number of carbonyl (C=O) groups excluding carboxylic acids is 1. The molecule has 6 nitrogen and oxygen atoms in total. The Labute approximate surface area is 192 Å². The summed E-state index contributed by atoms with van der Waals surface area (Å²) in [6, 6.07) is 10.1. The van der Waals surface area contributed by atoms with Gasteiger partial charge in [0.1, 0.15) is 12.1 Å². The molecule has 2 rings (SSSR count). The summed E-state index contributed by atoms with van der Waals surface area (Å²) in [4.78, 5) is 12.4. The number of nitrogens with one attached hydrogen (secondary N) is 2. The summed E-state index contributed by atoms with van der Waals surface area (Å²) in [5.41, 5.74) is -0.280. The van der Waals surface area contributed by atoms with Gasteiger partial charge in [0.05, 0.1) is 12.7 Å². The first kappa shape index (κ1) is 26.5. The molecule has 2 aromatic carbocycles. The van der Waals surface area contributed by atoms with E-state index in [1.54, 1.807) is 26.0 Å². The summed E-state index contributed by atoms with van der Waals surface area (Å²) in [7, 11) is -1.06. The van der Waals surface area contributed by atoms with Crippen LogP contribution in [0.15, 0.2) is 42.5 Å². The van der Waals surface area contributed by atoms with Crippen molar-refractivity contribution < 1.29 is 31.6 Å². The Bertz CT molecular complexity index is 1070. The predicted octanol–water partition coefficient (Wildman–Crippen LogP) is 3.58. The fourth-order valence-corrected chi connectivity index (χ4v) is 4.24. The van der Waals surface area contributed by atoms with Gasteiger partial charge in [0, 0.05) is 22.5 Å². The number of carbonyl (C=O) groups is 1. The minimum absolute atomic E-state index is 0.0822. The molecule has 1 amide bonds. The normalized spacial score (nSPS) is 13.8. The van der Waals surface area contributed by atoms with Crippen LogP contribution in [0.4, 0.5) is 13.2 Å². The predicted molar refractivity (Wildman–Crippen MR) is 124 cm³/mol. The topological polar surface area (TPSA) is 76.7 Å². The highest BCUT2D eigenvalue weighted by Gasteiger charge is 2.30. The number of amides is 1. The summed E-state index contributed by atoms with van der Waals surface area (Å²) in [5, 5.41) is 2.80. The van der Waals surface area contributed by atoms with E-state index < -0.39 is 27.0 Å². The van der Waals surface area contributed by atoms with Crippen LogP contribution in [0.3, 0.4) is 0 Å². The van der Waals surface area contributed by atoms with E-state index in [0.717, 1.165) is 17.7 Å². The molecular weight excluding hydrogens is 457 g/mol. The molecule has 0 spiro atoms. The molecule has 2 N–H and O–H groups in total. The van der Waals surface area contributed by atoms with Crippen LogP contribution in [0.25, 0.3) is 0 Å². The lowest BCUT2D eigenvalue weighted by Gasteiger charge is -2.25. The zero-order chi connectivity index (χ0) is 24.9. The van der Waals surface area contributed by atoms with Gasteiger partial charge in [0.25, 0.3) is 0 Å². The van der Waals surface area contributed by atoms with Crippen molar-refractivity contribution in [2.24, 2.45) is 0 Å². The maximum Gasteiger partial charge on any atom is 0.416 e. The Morgan fingerprint density at radius 3 is 2.21 bits per heavy atom. The van der Waals surface area contributed by atoms with Gasteiger partial charge in [-0.05, 0) is 61.5 Å². The first-order chi connectivity index (χ1) is 15.2. The lowest BCUT2D eigenvalue weighted by molar-refractivity contribution is -0.137. The number of alkyl halides is 3. The van der Waals surface area contributed by atoms with Gasteiger partial charge < -0.3 is 14.8 Å². The zero-order valence-corrected chi connectivity index (χ0v) is 19.9. The molecule has 1 atom stereocenters. The second kappa shape index (κ2) is 10.5. The van der Waals surface area contributed by atoms with Gasteiger partial charge in [-0.25, -0.2) is 4.72 Å². The van der Waals surface area contributed by atoms with Crippen molar-refractivity contribution in [3.8, 4) is 11.5 Å². The molecule has 0 bridgehead atoms. The van der Waals surface area contributed by atoms with Gasteiger partial charge in [-0.2, -0.15) is 13.2 Å². The van der Waals surface area contributed by atoms with E-state index >= 15 is 0 Å². The zero-order valence-electron chi connectivity index (χ0n) is 19.0. The molecule has 0 aromatic heterocycles. The first-order valence-corrected chi connectivity index (χ1v) is 12.2. The maximum atomic E-state index is 12.7. The van der Waals surface area contributed by atoms with Gasteiger partial charge in [0.2, 0.25) is 5.91 Å². The average Bonchev–Trinajstić information content (AvgIpc) is 2.70. The molecule has 0 aliphatic rings. The van der Waals surface area contributed by atoms with Gasteiger partial charge >= 0.3 is 6.18 Å². The molecule has 0 aliphatic heterocycles. The largest absolute Gasteiger partial charge is 0.493 e. The number of methoxy groups -OCH3 is 1. The van der Waals surface area contributed by atoms with E-state index in [0.29, 0.717) is 30.0 Å². The number of hydrogen-bond acceptors (Lipinski definition) is 4. The molecule has 0 saturated heterocycles. The molecule has 1 unspecified atom stereocenters. The second-order valence-electron chi connectivity index (χ2n) is 8.21. The standard InChI is InChI=1S/C23H29F3N2O4S/c1-22(2,28-33(4,5)30)21(29)27-13-12-16-8-11-19(20(14-16)31-3)32-15-17-6-9-18(10-7-17)23(24,25)26/h6-11,14H,4,12-13,15H2,1-3,5H3,(H,27,29)(H,28,30). The summed E-state index contributed by atoms with van der Waals surface area (Å²) >= 11 is 0. The lowest BCUT2D eigenvalue weighted by atomic mass is 10.1. The summed E-state index contributed by atoms with van der Waals surface area (Å²) in [6.07, 6.45) is -2.44. The number of hydrogen-bond donors (Lipinski definition) is 2. The van der Waals surface area contributed by atoms with Crippen LogP contribution in [0, 0.1) is 0 Å². The molecule has 0 aliphatic carbocycles. The third-order valence-electron chi connectivity index (χ3n) is 4.64. The highest BCUT2D eigenvalue weighted by molar-refractivity contribution is 7.97. The highest BCUT2D eigenvalue weighted by atomic mass is 32.2. The van der Waals surface area contributed by atoms with Crippen molar-refractivity contribution >= 4 is 21.5 Å². The molecule has 33 heavy (non-hydrogen) atoms. The van der Waals surface area contributed by atoms with Crippen LogP contribution in [-0.4, -0.2) is 41.4 Å². The minimum atomic E-state index is -4.38. The smallest absolute Gasteiger partial charge is 0.416 e. The van der Waals surface area contributed by atoms with Crippen LogP contribution >= 0.6 is 0 Å². The van der Waals surface area contributed by atoms with E-state index in [1.165, 1.54) is 25.5 Å². The average molecular weight is 487 g/mol. The molecule has 2 aromatic rings. The van der Waals surface area contributed by atoms with Crippen molar-refractivity contribution in [1.82, 2.24) is 10.0 Å². The van der Waals surface area contributed by atoms with Crippen LogP contribution in [-0.2, 0) is 33.7 Å². The number of ether oxygens (including phenoxy) is 2. The highest BCUT2D eigenvalue weighted by Crippen LogP contribution is 2.31. The van der Waals surface area contributed by atoms with Gasteiger partial charge in [0.15, 0.2) is 11.5 Å². The van der Waals surface area contributed by atoms with E-state index in [2.05, 4.69) is 15.9 Å². The first-order valence-electron chi connectivity index (χ1n) is 10.1. The Morgan fingerprint density at radius 1 is 1.06 bits per heavy atom. The Hall–Kier alpha value is -2.72. The molecule has 0 saturated carbocycles. The van der Waals surface area contributed by atoms with Gasteiger partial charge in [-0.15, -0.1) is 0 Å². The van der Waals surface area contributed by atoms with Gasteiger partial charge in [-0.1, -0.05) is 18.2 Å². The summed E-state index contributed by atoms with van der Waals surface area (Å²) < 4.78 is 63.7. The number of rotatable bonds is 10. The molecule has 0 fully saturated rings. The third-order valence-corrected chi connectivity index (χ3v) is 5.58. The van der Waals surface area contributed by atoms with Crippen molar-refractivity contribution in [3.63, 3.8) is 0 Å². The molecule has 0 heterocycles. The van der Waals surface area contributed by atoms with Crippen molar-refractivity contribution in [2.75, 3.05) is 19.9 Å². The van der Waals surface area contributed by atoms with E-state index in [9.17, 15) is 22.2 Å². The number of benzene rings is 2. The Kier molecular flexibility index (Phi) is 8.42.